The van der Waals surface area contributed by atoms with Crippen LogP contribution in [0.3, 0.4) is 0 Å². The van der Waals surface area contributed by atoms with Crippen LogP contribution in [0.25, 0.3) is 0 Å². The third-order valence-electron chi connectivity index (χ3n) is 3.17. The molecule has 0 saturated heterocycles. The summed E-state index contributed by atoms with van der Waals surface area (Å²) < 4.78 is 0. The van der Waals surface area contributed by atoms with Gasteiger partial charge in [0.25, 0.3) is 5.91 Å². The topological polar surface area (TPSA) is 49.3 Å². The summed E-state index contributed by atoms with van der Waals surface area (Å²) in [5.74, 6) is 5.20. The van der Waals surface area contributed by atoms with E-state index >= 15 is 0 Å². The fourth-order valence-electron chi connectivity index (χ4n) is 2.00. The predicted octanol–water partition coefficient (Wildman–Crippen LogP) is 2.27. The molecule has 106 valence electrons. The molecule has 0 aliphatic heterocycles. The van der Waals surface area contributed by atoms with Crippen LogP contribution in [-0.2, 0) is 6.54 Å². The van der Waals surface area contributed by atoms with Gasteiger partial charge in [-0.1, -0.05) is 48.2 Å². The van der Waals surface area contributed by atoms with E-state index in [2.05, 4.69) is 17.2 Å². The number of carbonyl (C=O) groups excluding carboxylic acids is 1. The maximum Gasteiger partial charge on any atom is 0.252 e. The zero-order valence-corrected chi connectivity index (χ0v) is 11.9. The average molecular weight is 279 g/mol. The minimum atomic E-state index is -0.223. The molecule has 0 saturated carbocycles. The Morgan fingerprint density at radius 3 is 2.62 bits per heavy atom. The lowest BCUT2D eigenvalue weighted by molar-refractivity contribution is 0.0950. The molecule has 1 amide bonds. The molecule has 2 aromatic carbocycles. The van der Waals surface area contributed by atoms with Gasteiger partial charge >= 0.3 is 0 Å². The number of amides is 1. The second-order valence-electron chi connectivity index (χ2n) is 4.61. The van der Waals surface area contributed by atoms with Crippen LogP contribution >= 0.6 is 0 Å². The first-order chi connectivity index (χ1) is 10.2. The molecule has 0 aliphatic carbocycles. The predicted molar refractivity (Wildman–Crippen MR) is 82.8 cm³/mol. The van der Waals surface area contributed by atoms with Crippen molar-refractivity contribution in [3.63, 3.8) is 0 Å². The second-order valence-corrected chi connectivity index (χ2v) is 4.61. The minimum absolute atomic E-state index is 0.166. The van der Waals surface area contributed by atoms with Crippen molar-refractivity contribution < 1.29 is 9.90 Å². The van der Waals surface area contributed by atoms with Crippen molar-refractivity contribution in [1.29, 1.82) is 0 Å². The largest absolute Gasteiger partial charge is 0.384 e. The molecule has 0 fully saturated rings. The summed E-state index contributed by atoms with van der Waals surface area (Å²) in [6.07, 6.45) is 0. The van der Waals surface area contributed by atoms with Crippen molar-refractivity contribution in [2.75, 3.05) is 6.61 Å². The maximum absolute atomic E-state index is 12.3. The van der Waals surface area contributed by atoms with E-state index in [-0.39, 0.29) is 12.5 Å². The molecule has 0 radical (unpaired) electrons. The highest BCUT2D eigenvalue weighted by molar-refractivity contribution is 5.96. The van der Waals surface area contributed by atoms with Gasteiger partial charge in [0.1, 0.15) is 6.61 Å². The summed E-state index contributed by atoms with van der Waals surface area (Å²) in [5.41, 5.74) is 3.37. The number of carbonyl (C=O) groups is 1. The normalized spacial score (nSPS) is 9.62. The molecular weight excluding hydrogens is 262 g/mol. The fraction of sp³-hybridized carbons (Fsp3) is 0.167. The molecule has 0 heterocycles. The first-order valence-electron chi connectivity index (χ1n) is 6.74. The van der Waals surface area contributed by atoms with E-state index in [9.17, 15) is 4.79 Å². The van der Waals surface area contributed by atoms with E-state index in [4.69, 9.17) is 5.11 Å². The first kappa shape index (κ1) is 14.8. The van der Waals surface area contributed by atoms with Gasteiger partial charge in [-0.3, -0.25) is 4.79 Å². The number of hydrogen-bond donors (Lipinski definition) is 2. The molecule has 0 unspecified atom stereocenters. The van der Waals surface area contributed by atoms with Crippen molar-refractivity contribution >= 4 is 5.91 Å². The zero-order chi connectivity index (χ0) is 15.1. The third-order valence-corrected chi connectivity index (χ3v) is 3.17. The van der Waals surface area contributed by atoms with E-state index in [0.29, 0.717) is 17.7 Å². The summed E-state index contributed by atoms with van der Waals surface area (Å²) >= 11 is 0. The Labute approximate surface area is 124 Å². The van der Waals surface area contributed by atoms with Gasteiger partial charge in [-0.2, -0.15) is 0 Å². The molecule has 0 atom stereocenters. The highest BCUT2D eigenvalue weighted by Crippen LogP contribution is 2.09. The minimum Gasteiger partial charge on any atom is -0.384 e. The Balaban J connectivity index is 2.12. The number of nitrogens with one attached hydrogen (secondary N) is 1. The molecule has 21 heavy (non-hydrogen) atoms. The van der Waals surface area contributed by atoms with E-state index in [1.54, 1.807) is 18.2 Å². The number of aliphatic hydroxyl groups is 1. The number of aryl methyl sites for hydroxylation is 1. The van der Waals surface area contributed by atoms with Crippen molar-refractivity contribution in [3.05, 3.63) is 70.8 Å². The third kappa shape index (κ3) is 3.95. The van der Waals surface area contributed by atoms with Gasteiger partial charge in [-0.05, 0) is 30.2 Å². The quantitative estimate of drug-likeness (QED) is 0.847. The van der Waals surface area contributed by atoms with E-state index < -0.39 is 0 Å². The van der Waals surface area contributed by atoms with Crippen molar-refractivity contribution in [2.24, 2.45) is 0 Å². The molecule has 2 rings (SSSR count). The lowest BCUT2D eigenvalue weighted by atomic mass is 10.1. The molecule has 0 aromatic heterocycles. The monoisotopic (exact) mass is 279 g/mol. The average Bonchev–Trinajstić information content (AvgIpc) is 2.52. The molecule has 0 spiro atoms. The van der Waals surface area contributed by atoms with Gasteiger partial charge in [0.05, 0.1) is 5.56 Å². The van der Waals surface area contributed by atoms with Crippen LogP contribution in [-0.4, -0.2) is 17.6 Å². The summed E-state index contributed by atoms with van der Waals surface area (Å²) in [6, 6.07) is 15.1. The molecule has 0 aliphatic rings. The molecule has 3 heteroatoms. The Morgan fingerprint density at radius 2 is 1.86 bits per heavy atom. The molecule has 2 N–H and O–H groups in total. The Morgan fingerprint density at radius 1 is 1.14 bits per heavy atom. The lowest BCUT2D eigenvalue weighted by Gasteiger charge is -2.09. The highest BCUT2D eigenvalue weighted by atomic mass is 16.2. The summed E-state index contributed by atoms with van der Waals surface area (Å²) in [5, 5.41) is 11.7. The van der Waals surface area contributed by atoms with Crippen molar-refractivity contribution in [2.45, 2.75) is 13.5 Å². The Hall–Kier alpha value is -2.57. The highest BCUT2D eigenvalue weighted by Gasteiger charge is 2.09. The smallest absolute Gasteiger partial charge is 0.252 e. The lowest BCUT2D eigenvalue weighted by Crippen LogP contribution is -2.24. The van der Waals surface area contributed by atoms with Crippen LogP contribution in [0, 0.1) is 18.8 Å². The van der Waals surface area contributed by atoms with Crippen molar-refractivity contribution in [3.8, 4) is 11.8 Å². The van der Waals surface area contributed by atoms with Crippen LogP contribution in [0.1, 0.15) is 27.0 Å². The van der Waals surface area contributed by atoms with E-state index in [1.165, 1.54) is 0 Å². The fourth-order valence-corrected chi connectivity index (χ4v) is 2.00. The van der Waals surface area contributed by atoms with Crippen LogP contribution in [0.15, 0.2) is 48.5 Å². The van der Waals surface area contributed by atoms with E-state index in [0.717, 1.165) is 11.1 Å². The van der Waals surface area contributed by atoms with Crippen LogP contribution in [0.2, 0.25) is 0 Å². The van der Waals surface area contributed by atoms with Gasteiger partial charge in [-0.25, -0.2) is 0 Å². The van der Waals surface area contributed by atoms with Crippen LogP contribution in [0.4, 0.5) is 0 Å². The molecule has 3 nitrogen and oxygen atoms in total. The SMILES string of the molecule is Cc1ccccc1CNC(=O)c1ccccc1C#CCO. The molecular formula is C18H17NO2. The number of benzene rings is 2. The standard InChI is InChI=1S/C18H17NO2/c1-14-7-2-3-9-16(14)13-19-18(21)17-11-5-4-8-15(17)10-6-12-20/h2-5,7-9,11,20H,12-13H2,1H3,(H,19,21). The van der Waals surface area contributed by atoms with Gasteiger partial charge in [0.15, 0.2) is 0 Å². The van der Waals surface area contributed by atoms with Gasteiger partial charge in [0.2, 0.25) is 0 Å². The maximum atomic E-state index is 12.3. The van der Waals surface area contributed by atoms with E-state index in [1.807, 2.05) is 37.3 Å². The first-order valence-corrected chi connectivity index (χ1v) is 6.74. The molecule has 2 aromatic rings. The van der Waals surface area contributed by atoms with Gasteiger partial charge in [-0.15, -0.1) is 0 Å². The zero-order valence-electron chi connectivity index (χ0n) is 11.9. The van der Waals surface area contributed by atoms with Crippen molar-refractivity contribution in [1.82, 2.24) is 5.32 Å². The second kappa shape index (κ2) is 7.28. The Bertz CT molecular complexity index is 696. The summed E-state index contributed by atoms with van der Waals surface area (Å²) in [4.78, 5) is 12.3. The number of aliphatic hydroxyl groups excluding tert-OH is 1. The van der Waals surface area contributed by atoms with Gasteiger partial charge in [0, 0.05) is 12.1 Å². The Kier molecular flexibility index (Phi) is 5.14. The summed E-state index contributed by atoms with van der Waals surface area (Å²) in [6.45, 7) is 2.27. The molecule has 0 bridgehead atoms. The number of rotatable bonds is 3. The number of hydrogen-bond acceptors (Lipinski definition) is 2. The summed E-state index contributed by atoms with van der Waals surface area (Å²) in [7, 11) is 0. The van der Waals surface area contributed by atoms with Crippen LogP contribution in [0.5, 0.6) is 0 Å². The van der Waals surface area contributed by atoms with Crippen LogP contribution < -0.4 is 5.32 Å². The van der Waals surface area contributed by atoms with Gasteiger partial charge < -0.3 is 10.4 Å².